The molecule has 0 unspecified atom stereocenters. The van der Waals surface area contributed by atoms with E-state index in [1.165, 1.54) is 22.0 Å². The smallest absolute Gasteiger partial charge is 0.503 e. The molecule has 0 aliphatic carbocycles. The number of hydrogen-bond acceptors (Lipinski definition) is 4. The number of pyridine rings is 3. The van der Waals surface area contributed by atoms with Crippen LogP contribution in [0.15, 0.2) is 116 Å². The first-order valence-electron chi connectivity index (χ1n) is 15.4. The summed E-state index contributed by atoms with van der Waals surface area (Å²) in [5.74, 6) is 1.21. The number of hydrogen-bond donors (Lipinski definition) is 0. The van der Waals surface area contributed by atoms with Crippen molar-refractivity contribution in [2.24, 2.45) is 0 Å². The number of fused-ring (bicyclic) bond motifs is 11. The van der Waals surface area contributed by atoms with E-state index in [4.69, 9.17) is 19.7 Å². The summed E-state index contributed by atoms with van der Waals surface area (Å²) in [7, 11) is 0. The maximum atomic E-state index is 6.55. The molecule has 0 amide bonds. The maximum Gasteiger partial charge on any atom is 2.00 e. The molecule has 1 aliphatic rings. The molecule has 9 aromatic rings. The van der Waals surface area contributed by atoms with Gasteiger partial charge in [-0.25, -0.2) is 9.97 Å². The third-order valence-electron chi connectivity index (χ3n) is 9.46. The largest absolute Gasteiger partial charge is 2.00 e. The van der Waals surface area contributed by atoms with E-state index in [0.29, 0.717) is 11.5 Å². The van der Waals surface area contributed by atoms with Crippen LogP contribution in [0.4, 0.5) is 0 Å². The molecule has 6 nitrogen and oxygen atoms in total. The van der Waals surface area contributed by atoms with E-state index in [9.17, 15) is 0 Å². The van der Waals surface area contributed by atoms with Crippen molar-refractivity contribution < 1.29 is 25.2 Å². The van der Waals surface area contributed by atoms with Gasteiger partial charge in [0.05, 0.1) is 16.9 Å². The van der Waals surface area contributed by atoms with Gasteiger partial charge >= 0.3 is 20.4 Å². The normalized spacial score (nSPS) is 13.3. The van der Waals surface area contributed by atoms with Gasteiger partial charge in [-0.15, -0.1) is 29.8 Å². The van der Waals surface area contributed by atoms with Crippen molar-refractivity contribution in [3.8, 4) is 28.4 Å². The molecule has 0 fully saturated rings. The van der Waals surface area contributed by atoms with Crippen LogP contribution in [-0.4, -0.2) is 23.9 Å². The van der Waals surface area contributed by atoms with E-state index in [1.807, 2.05) is 61.1 Å². The van der Waals surface area contributed by atoms with Crippen LogP contribution in [0.2, 0.25) is 0 Å². The van der Waals surface area contributed by atoms with Crippen molar-refractivity contribution in [1.29, 1.82) is 0 Å². The first-order valence-corrected chi connectivity index (χ1v) is 15.4. The van der Waals surface area contributed by atoms with Crippen molar-refractivity contribution >= 4 is 49.4 Å². The molecule has 226 valence electrons. The average Bonchev–Trinajstić information content (AvgIpc) is 3.69. The fraction of sp³-hybridized carbons (Fsp3) is 0.0750. The Hall–Kier alpha value is -5.35. The molecule has 0 spiro atoms. The second kappa shape index (κ2) is 10.1. The van der Waals surface area contributed by atoms with Gasteiger partial charge in [0.1, 0.15) is 11.3 Å². The van der Waals surface area contributed by atoms with Crippen LogP contribution in [0, 0.1) is 12.1 Å². The minimum atomic E-state index is -0.221. The third-order valence-corrected chi connectivity index (χ3v) is 9.46. The van der Waals surface area contributed by atoms with Gasteiger partial charge in [-0.1, -0.05) is 91.0 Å². The molecule has 0 saturated heterocycles. The monoisotopic (exact) mass is 697 g/mol. The van der Waals surface area contributed by atoms with Crippen molar-refractivity contribution in [3.05, 3.63) is 139 Å². The summed E-state index contributed by atoms with van der Waals surface area (Å²) in [5.41, 5.74) is 8.85. The van der Waals surface area contributed by atoms with Crippen LogP contribution in [0.25, 0.3) is 66.3 Å². The van der Waals surface area contributed by atoms with Crippen molar-refractivity contribution in [2.75, 3.05) is 0 Å². The van der Waals surface area contributed by atoms with Gasteiger partial charge in [0, 0.05) is 46.4 Å². The van der Waals surface area contributed by atoms with Gasteiger partial charge in [0.2, 0.25) is 0 Å². The molecule has 4 aromatic carbocycles. The van der Waals surface area contributed by atoms with Gasteiger partial charge < -0.3 is 13.7 Å². The Bertz CT molecular complexity index is 2710. The summed E-state index contributed by atoms with van der Waals surface area (Å²) in [6, 6.07) is 40.4. The third kappa shape index (κ3) is 3.91. The van der Waals surface area contributed by atoms with E-state index in [2.05, 4.69) is 89.5 Å². The van der Waals surface area contributed by atoms with Crippen LogP contribution in [0.5, 0.6) is 11.5 Å². The van der Waals surface area contributed by atoms with Gasteiger partial charge in [-0.05, 0) is 34.6 Å². The molecule has 7 heteroatoms. The summed E-state index contributed by atoms with van der Waals surface area (Å²) < 4.78 is 10.8. The summed E-state index contributed by atoms with van der Waals surface area (Å²) in [5, 5.41) is 5.25. The van der Waals surface area contributed by atoms with Crippen molar-refractivity contribution in [1.82, 2.24) is 23.9 Å². The topological polar surface area (TPSA) is 57.2 Å². The second-order valence-corrected chi connectivity index (χ2v) is 12.4. The van der Waals surface area contributed by atoms with E-state index < -0.39 is 0 Å². The Morgan fingerprint density at radius 1 is 0.638 bits per heavy atom. The number of nitrogens with zero attached hydrogens (tertiary/aromatic N) is 5. The number of para-hydroxylation sites is 1. The van der Waals surface area contributed by atoms with E-state index in [1.54, 1.807) is 0 Å². The maximum absolute atomic E-state index is 6.55. The minimum absolute atomic E-state index is 0. The summed E-state index contributed by atoms with van der Waals surface area (Å²) in [6.45, 7) is 4.55. The number of ether oxygens (including phenoxy) is 1. The fourth-order valence-electron chi connectivity index (χ4n) is 7.28. The van der Waals surface area contributed by atoms with Gasteiger partial charge in [-0.2, -0.15) is 6.07 Å². The van der Waals surface area contributed by atoms with Crippen molar-refractivity contribution in [3.63, 3.8) is 0 Å². The zero-order valence-corrected chi connectivity index (χ0v) is 27.0. The molecule has 6 heterocycles. The number of benzene rings is 4. The van der Waals surface area contributed by atoms with Crippen LogP contribution >= 0.6 is 0 Å². The zero-order chi connectivity index (χ0) is 30.6. The first-order chi connectivity index (χ1) is 22.6. The molecular formula is C40H25N5OPd. The average molecular weight is 698 g/mol. The molecule has 0 N–H and O–H groups in total. The molecule has 0 atom stereocenters. The molecule has 5 aromatic heterocycles. The van der Waals surface area contributed by atoms with E-state index >= 15 is 0 Å². The number of imidazole rings is 1. The minimum Gasteiger partial charge on any atom is -0.503 e. The zero-order valence-electron chi connectivity index (χ0n) is 25.4. The Kier molecular flexibility index (Phi) is 5.98. The van der Waals surface area contributed by atoms with Gasteiger partial charge in [-0.3, -0.25) is 4.98 Å². The predicted molar refractivity (Wildman–Crippen MR) is 182 cm³/mol. The molecule has 0 radical (unpaired) electrons. The van der Waals surface area contributed by atoms with E-state index in [0.717, 1.165) is 55.4 Å². The summed E-state index contributed by atoms with van der Waals surface area (Å²) >= 11 is 0. The summed E-state index contributed by atoms with van der Waals surface area (Å²) in [4.78, 5) is 14.6. The van der Waals surface area contributed by atoms with Crippen LogP contribution in [0.1, 0.15) is 25.0 Å². The molecule has 0 bridgehead atoms. The Morgan fingerprint density at radius 2 is 1.36 bits per heavy atom. The van der Waals surface area contributed by atoms with Crippen LogP contribution in [0.3, 0.4) is 0 Å². The standard InChI is InChI=1S/C40H25N5O.Pd/c1-40(2)32-18-16-26(22-35(32)45-36-28(11-6-14-33(36)40)30-13-8-20-42-38(30)45)46-25-15-17-27-29-12-7-19-41-37(29)44-23-34(24-9-4-3-5-10-24)43-39(44)31(27)21-25;/h3-20,23H,1-2H3;/q-2;+2. The number of aromatic nitrogens is 5. The Morgan fingerprint density at radius 3 is 2.19 bits per heavy atom. The SMILES string of the molecule is CC1(C)c2ccc(Oc3[c-]c4c(cc3)c3cccnc3n3cc(-c5ccccc5)nc43)[c-]c2-n2c3ncccc3c3cccc1c32.[Pd+2]. The quantitative estimate of drug-likeness (QED) is 0.105. The molecule has 10 rings (SSSR count). The molecule has 1 aliphatic heterocycles. The Balaban J connectivity index is 0.00000302. The van der Waals surface area contributed by atoms with Gasteiger partial charge in [0.25, 0.3) is 0 Å². The number of rotatable bonds is 3. The van der Waals surface area contributed by atoms with Crippen LogP contribution in [-0.2, 0) is 25.8 Å². The molecular weight excluding hydrogens is 673 g/mol. The Labute approximate surface area is 284 Å². The van der Waals surface area contributed by atoms with E-state index in [-0.39, 0.29) is 25.8 Å². The van der Waals surface area contributed by atoms with Crippen molar-refractivity contribution in [2.45, 2.75) is 19.3 Å². The fourth-order valence-corrected chi connectivity index (χ4v) is 7.28. The molecule has 47 heavy (non-hydrogen) atoms. The van der Waals surface area contributed by atoms with Crippen LogP contribution < -0.4 is 4.74 Å². The molecule has 0 saturated carbocycles. The first kappa shape index (κ1) is 27.9. The van der Waals surface area contributed by atoms with Gasteiger partial charge in [0.15, 0.2) is 0 Å². The second-order valence-electron chi connectivity index (χ2n) is 12.4. The predicted octanol–water partition coefficient (Wildman–Crippen LogP) is 9.22. The summed E-state index contributed by atoms with van der Waals surface area (Å²) in [6.07, 6.45) is 5.72.